The molecule has 0 unspecified atom stereocenters. The van der Waals surface area contributed by atoms with Gasteiger partial charge < -0.3 is 0 Å². The zero-order chi connectivity index (χ0) is 13.1. The second-order valence-electron chi connectivity index (χ2n) is 5.14. The summed E-state index contributed by atoms with van der Waals surface area (Å²) < 4.78 is 0. The van der Waals surface area contributed by atoms with Crippen molar-refractivity contribution in [2.75, 3.05) is 0 Å². The fraction of sp³-hybridized carbons (Fsp3) is 0. The van der Waals surface area contributed by atoms with Crippen LogP contribution in [0.15, 0.2) is 70.6 Å². The van der Waals surface area contributed by atoms with Crippen LogP contribution in [0.3, 0.4) is 0 Å². The smallest absolute Gasteiger partial charge is 0.0738 e. The largest absolute Gasteiger partial charge is 0.248 e. The van der Waals surface area contributed by atoms with Crippen molar-refractivity contribution in [1.29, 1.82) is 0 Å². The van der Waals surface area contributed by atoms with Gasteiger partial charge in [0.15, 0.2) is 0 Å². The van der Waals surface area contributed by atoms with Gasteiger partial charge in [0.05, 0.1) is 22.1 Å². The Morgan fingerprint density at radius 3 is 2.35 bits per heavy atom. The van der Waals surface area contributed by atoms with Crippen molar-refractivity contribution in [2.24, 2.45) is 9.98 Å². The second kappa shape index (κ2) is 3.42. The average molecular weight is 254 g/mol. The fourth-order valence-corrected chi connectivity index (χ4v) is 3.05. The number of nitrogens with zero attached hydrogens (tertiary/aromatic N) is 2. The van der Waals surface area contributed by atoms with Crippen LogP contribution >= 0.6 is 0 Å². The van der Waals surface area contributed by atoms with E-state index in [0.717, 1.165) is 22.1 Å². The van der Waals surface area contributed by atoms with E-state index in [1.54, 1.807) is 0 Å². The zero-order valence-electron chi connectivity index (χ0n) is 10.7. The molecule has 0 atom stereocenters. The summed E-state index contributed by atoms with van der Waals surface area (Å²) in [5.41, 5.74) is 4.52. The molecule has 0 saturated carbocycles. The summed E-state index contributed by atoms with van der Waals surface area (Å²) in [6, 6.07) is 20.9. The summed E-state index contributed by atoms with van der Waals surface area (Å²) >= 11 is 0. The highest BCUT2D eigenvalue weighted by Crippen LogP contribution is 2.33. The molecule has 20 heavy (non-hydrogen) atoms. The summed E-state index contributed by atoms with van der Waals surface area (Å²) in [7, 11) is 0. The quantitative estimate of drug-likeness (QED) is 0.405. The normalized spacial score (nSPS) is 12.8. The van der Waals surface area contributed by atoms with Gasteiger partial charge in [-0.2, -0.15) is 0 Å². The van der Waals surface area contributed by atoms with Crippen LogP contribution in [0.5, 0.6) is 0 Å². The fourth-order valence-electron chi connectivity index (χ4n) is 3.05. The van der Waals surface area contributed by atoms with Crippen molar-refractivity contribution in [3.05, 3.63) is 81.8 Å². The Morgan fingerprint density at radius 2 is 1.35 bits per heavy atom. The number of fused-ring (bicyclic) bond motifs is 5. The number of para-hydroxylation sites is 2. The van der Waals surface area contributed by atoms with Crippen LogP contribution in [0.4, 0.5) is 11.4 Å². The van der Waals surface area contributed by atoms with Crippen LogP contribution in [0.2, 0.25) is 0 Å². The zero-order valence-corrected chi connectivity index (χ0v) is 10.7. The van der Waals surface area contributed by atoms with E-state index >= 15 is 0 Å². The van der Waals surface area contributed by atoms with Gasteiger partial charge >= 0.3 is 0 Å². The predicted molar refractivity (Wildman–Crippen MR) is 77.6 cm³/mol. The first kappa shape index (κ1) is 10.1. The third-order valence-corrected chi connectivity index (χ3v) is 3.98. The van der Waals surface area contributed by atoms with Gasteiger partial charge in [0.1, 0.15) is 0 Å². The number of rotatable bonds is 0. The monoisotopic (exact) mass is 254 g/mol. The van der Waals surface area contributed by atoms with E-state index in [4.69, 9.17) is 9.98 Å². The van der Waals surface area contributed by atoms with Crippen molar-refractivity contribution in [3.63, 3.8) is 0 Å². The van der Waals surface area contributed by atoms with E-state index in [-0.39, 0.29) is 0 Å². The molecule has 0 amide bonds. The molecule has 2 aliphatic heterocycles. The maximum absolute atomic E-state index is 4.70. The SMILES string of the molecule is c1ccc2c(c1)N=c1cc3c(cc1-2)=c1ccccc1=N3. The molecule has 5 rings (SSSR count). The molecular weight excluding hydrogens is 244 g/mol. The summed E-state index contributed by atoms with van der Waals surface area (Å²) in [4.78, 5) is 9.39. The second-order valence-corrected chi connectivity index (χ2v) is 5.14. The molecule has 0 aliphatic carbocycles. The number of hydrogen-bond acceptors (Lipinski definition) is 2. The van der Waals surface area contributed by atoms with Crippen molar-refractivity contribution >= 4 is 11.4 Å². The van der Waals surface area contributed by atoms with Gasteiger partial charge in [0, 0.05) is 21.6 Å². The van der Waals surface area contributed by atoms with Gasteiger partial charge in [-0.15, -0.1) is 0 Å². The molecule has 0 radical (unpaired) electrons. The molecule has 0 spiro atoms. The van der Waals surface area contributed by atoms with Crippen LogP contribution in [0.1, 0.15) is 0 Å². The van der Waals surface area contributed by atoms with Crippen molar-refractivity contribution < 1.29 is 0 Å². The summed E-state index contributed by atoms with van der Waals surface area (Å²) in [5.74, 6) is 0. The van der Waals surface area contributed by atoms with Gasteiger partial charge in [-0.25, -0.2) is 9.98 Å². The first-order valence-electron chi connectivity index (χ1n) is 6.70. The molecule has 2 nitrogen and oxygen atoms in total. The Labute approximate surface area is 115 Å². The highest BCUT2D eigenvalue weighted by atomic mass is 14.8. The molecule has 0 saturated heterocycles. The summed E-state index contributed by atoms with van der Waals surface area (Å²) in [6.07, 6.45) is 0. The van der Waals surface area contributed by atoms with Crippen molar-refractivity contribution in [1.82, 2.24) is 0 Å². The summed E-state index contributed by atoms with van der Waals surface area (Å²) in [6.45, 7) is 0. The van der Waals surface area contributed by atoms with Crippen LogP contribution in [0.25, 0.3) is 11.1 Å². The van der Waals surface area contributed by atoms with E-state index in [0.29, 0.717) is 0 Å². The minimum Gasteiger partial charge on any atom is -0.248 e. The Morgan fingerprint density at radius 1 is 0.550 bits per heavy atom. The average Bonchev–Trinajstić information content (AvgIpc) is 3.02. The number of hydrogen-bond donors (Lipinski definition) is 0. The third-order valence-electron chi connectivity index (χ3n) is 3.98. The highest BCUT2D eigenvalue weighted by molar-refractivity contribution is 5.80. The van der Waals surface area contributed by atoms with Crippen LogP contribution in [-0.2, 0) is 0 Å². The lowest BCUT2D eigenvalue weighted by Crippen LogP contribution is -1.99. The van der Waals surface area contributed by atoms with Gasteiger partial charge in [-0.05, 0) is 24.3 Å². The highest BCUT2D eigenvalue weighted by Gasteiger charge is 2.15. The lowest BCUT2D eigenvalue weighted by Gasteiger charge is -1.98. The molecule has 3 aromatic rings. The van der Waals surface area contributed by atoms with Crippen molar-refractivity contribution in [3.8, 4) is 11.1 Å². The van der Waals surface area contributed by atoms with Crippen LogP contribution in [-0.4, -0.2) is 0 Å². The Hall–Kier alpha value is -2.74. The topological polar surface area (TPSA) is 24.7 Å². The van der Waals surface area contributed by atoms with E-state index in [1.807, 2.05) is 12.1 Å². The van der Waals surface area contributed by atoms with Gasteiger partial charge in [0.2, 0.25) is 0 Å². The molecule has 0 fully saturated rings. The molecule has 92 valence electrons. The lowest BCUT2D eigenvalue weighted by atomic mass is 10.0. The maximum Gasteiger partial charge on any atom is 0.0738 e. The van der Waals surface area contributed by atoms with Gasteiger partial charge in [-0.1, -0.05) is 36.4 Å². The van der Waals surface area contributed by atoms with E-state index in [2.05, 4.69) is 48.5 Å². The molecule has 0 N–H and O–H groups in total. The Bertz CT molecular complexity index is 1090. The molecule has 2 aliphatic rings. The van der Waals surface area contributed by atoms with Gasteiger partial charge in [0.25, 0.3) is 0 Å². The van der Waals surface area contributed by atoms with E-state index in [9.17, 15) is 0 Å². The first-order valence-corrected chi connectivity index (χ1v) is 6.70. The van der Waals surface area contributed by atoms with Crippen LogP contribution in [0, 0.1) is 10.4 Å². The first-order chi connectivity index (χ1) is 9.90. The minimum absolute atomic E-state index is 1.03. The standard InChI is InChI=1S/C18H10N2/c1-3-7-15-11(5-1)13-9-14-12-6-2-4-8-16(12)20-18(14)10-17(13)19-15/h1-10H. The lowest BCUT2D eigenvalue weighted by molar-refractivity contribution is 1.35. The predicted octanol–water partition coefficient (Wildman–Crippen LogP) is 3.17. The minimum atomic E-state index is 1.03. The van der Waals surface area contributed by atoms with Crippen molar-refractivity contribution in [2.45, 2.75) is 0 Å². The Kier molecular flexibility index (Phi) is 1.73. The molecular formula is C18H10N2. The molecule has 2 heteroatoms. The summed E-state index contributed by atoms with van der Waals surface area (Å²) in [5, 5.41) is 4.52. The number of benzene rings is 3. The molecule has 3 aromatic carbocycles. The Balaban J connectivity index is 1.98. The van der Waals surface area contributed by atoms with Gasteiger partial charge in [-0.3, -0.25) is 0 Å². The molecule has 0 bridgehead atoms. The third kappa shape index (κ3) is 1.18. The molecule has 2 heterocycles. The van der Waals surface area contributed by atoms with Crippen LogP contribution < -0.4 is 10.7 Å². The van der Waals surface area contributed by atoms with E-state index in [1.165, 1.54) is 21.6 Å². The molecule has 0 aromatic heterocycles. The van der Waals surface area contributed by atoms with E-state index < -0.39 is 0 Å². The maximum atomic E-state index is 4.70.